The molecule has 76 valence electrons. The maximum Gasteiger partial charge on any atom is 0.128 e. The molecule has 15 heavy (non-hydrogen) atoms. The Labute approximate surface area is 87.2 Å². The molecule has 0 amide bonds. The van der Waals surface area contributed by atoms with E-state index in [0.717, 1.165) is 29.6 Å². The Bertz CT molecular complexity index is 500. The number of aromatic nitrogens is 2. The molecule has 1 fully saturated rings. The van der Waals surface area contributed by atoms with Gasteiger partial charge in [0.1, 0.15) is 12.6 Å². The van der Waals surface area contributed by atoms with Crippen LogP contribution in [-0.2, 0) is 0 Å². The van der Waals surface area contributed by atoms with Crippen LogP contribution in [0, 0.1) is 0 Å². The molecule has 4 nitrogen and oxygen atoms in total. The predicted molar refractivity (Wildman–Crippen MR) is 57.5 cm³/mol. The topological polar surface area (TPSA) is 49.2 Å². The summed E-state index contributed by atoms with van der Waals surface area (Å²) in [6.07, 6.45) is 3.86. The van der Waals surface area contributed by atoms with Gasteiger partial charge in [-0.05, 0) is 18.2 Å². The zero-order chi connectivity index (χ0) is 10.3. The van der Waals surface area contributed by atoms with Crippen LogP contribution in [0.2, 0.25) is 0 Å². The fourth-order valence-corrected chi connectivity index (χ4v) is 1.83. The van der Waals surface area contributed by atoms with Gasteiger partial charge in [-0.1, -0.05) is 0 Å². The first-order chi connectivity index (χ1) is 7.34. The Hall–Kier alpha value is -1.68. The summed E-state index contributed by atoms with van der Waals surface area (Å²) in [5.41, 5.74) is 1.97. The van der Waals surface area contributed by atoms with Crippen molar-refractivity contribution >= 4 is 16.6 Å². The van der Waals surface area contributed by atoms with Gasteiger partial charge in [0.25, 0.3) is 0 Å². The van der Waals surface area contributed by atoms with E-state index in [1.54, 1.807) is 12.5 Å². The van der Waals surface area contributed by atoms with E-state index in [2.05, 4.69) is 9.97 Å². The van der Waals surface area contributed by atoms with E-state index < -0.39 is 0 Å². The first kappa shape index (κ1) is 8.61. The molecule has 2 aromatic rings. The van der Waals surface area contributed by atoms with Gasteiger partial charge in [-0.3, -0.25) is 0 Å². The summed E-state index contributed by atoms with van der Waals surface area (Å²) < 4.78 is 0. The molecule has 1 N–H and O–H groups in total. The van der Waals surface area contributed by atoms with Gasteiger partial charge >= 0.3 is 0 Å². The molecule has 1 saturated heterocycles. The standard InChI is InChI=1S/C11H11N3O/c15-11-3-4-14(11)9-1-2-10-8(5-9)6-12-7-13-10/h1-2,5-7,11,15H,3-4H2. The molecular weight excluding hydrogens is 190 g/mol. The Morgan fingerprint density at radius 1 is 1.40 bits per heavy atom. The van der Waals surface area contributed by atoms with Crippen LogP contribution in [0.1, 0.15) is 6.42 Å². The Balaban J connectivity index is 2.06. The van der Waals surface area contributed by atoms with Crippen LogP contribution in [0.15, 0.2) is 30.7 Å². The van der Waals surface area contributed by atoms with Crippen molar-refractivity contribution in [2.45, 2.75) is 12.6 Å². The lowest BCUT2D eigenvalue weighted by Crippen LogP contribution is -2.47. The summed E-state index contributed by atoms with van der Waals surface area (Å²) >= 11 is 0. The number of hydrogen-bond donors (Lipinski definition) is 1. The molecule has 4 heteroatoms. The highest BCUT2D eigenvalue weighted by molar-refractivity contribution is 5.81. The van der Waals surface area contributed by atoms with Crippen LogP contribution in [0.5, 0.6) is 0 Å². The van der Waals surface area contributed by atoms with E-state index >= 15 is 0 Å². The number of hydrogen-bond acceptors (Lipinski definition) is 4. The number of anilines is 1. The van der Waals surface area contributed by atoms with E-state index in [0.29, 0.717) is 0 Å². The summed E-state index contributed by atoms with van der Waals surface area (Å²) in [6, 6.07) is 5.95. The summed E-state index contributed by atoms with van der Waals surface area (Å²) in [5.74, 6) is 0. The summed E-state index contributed by atoms with van der Waals surface area (Å²) in [6.45, 7) is 0.917. The van der Waals surface area contributed by atoms with Crippen molar-refractivity contribution in [1.29, 1.82) is 0 Å². The third-order valence-corrected chi connectivity index (χ3v) is 2.81. The summed E-state index contributed by atoms with van der Waals surface area (Å²) in [4.78, 5) is 10.1. The van der Waals surface area contributed by atoms with Crippen LogP contribution >= 0.6 is 0 Å². The van der Waals surface area contributed by atoms with Crippen molar-refractivity contribution < 1.29 is 5.11 Å². The maximum atomic E-state index is 9.53. The Morgan fingerprint density at radius 3 is 3.07 bits per heavy atom. The molecule has 0 radical (unpaired) electrons. The molecule has 1 aliphatic rings. The van der Waals surface area contributed by atoms with Crippen molar-refractivity contribution in [2.75, 3.05) is 11.4 Å². The molecular formula is C11H11N3O. The largest absolute Gasteiger partial charge is 0.374 e. The molecule has 3 rings (SSSR count). The van der Waals surface area contributed by atoms with E-state index in [1.165, 1.54) is 0 Å². The zero-order valence-corrected chi connectivity index (χ0v) is 8.17. The van der Waals surface area contributed by atoms with Gasteiger partial charge < -0.3 is 10.0 Å². The molecule has 0 saturated carbocycles. The first-order valence-electron chi connectivity index (χ1n) is 4.99. The van der Waals surface area contributed by atoms with Crippen molar-refractivity contribution in [2.24, 2.45) is 0 Å². The van der Waals surface area contributed by atoms with Gasteiger partial charge in [-0.15, -0.1) is 0 Å². The molecule has 1 atom stereocenters. The van der Waals surface area contributed by atoms with Gasteiger partial charge in [0.15, 0.2) is 0 Å². The molecule has 1 aliphatic heterocycles. The average molecular weight is 201 g/mol. The first-order valence-corrected chi connectivity index (χ1v) is 4.99. The number of aliphatic hydroxyl groups is 1. The summed E-state index contributed by atoms with van der Waals surface area (Å²) in [5, 5.41) is 10.5. The fraction of sp³-hybridized carbons (Fsp3) is 0.273. The minimum Gasteiger partial charge on any atom is -0.374 e. The third-order valence-electron chi connectivity index (χ3n) is 2.81. The summed E-state index contributed by atoms with van der Waals surface area (Å²) in [7, 11) is 0. The highest BCUT2D eigenvalue weighted by Crippen LogP contribution is 2.27. The van der Waals surface area contributed by atoms with E-state index in [4.69, 9.17) is 0 Å². The van der Waals surface area contributed by atoms with Crippen LogP contribution in [0.25, 0.3) is 10.9 Å². The molecule has 1 aromatic carbocycles. The second-order valence-corrected chi connectivity index (χ2v) is 3.73. The van der Waals surface area contributed by atoms with E-state index in [9.17, 15) is 5.11 Å². The highest BCUT2D eigenvalue weighted by Gasteiger charge is 2.25. The van der Waals surface area contributed by atoms with Crippen LogP contribution < -0.4 is 4.90 Å². The van der Waals surface area contributed by atoms with Crippen molar-refractivity contribution in [3.05, 3.63) is 30.7 Å². The van der Waals surface area contributed by atoms with E-state index in [1.807, 2.05) is 23.1 Å². The number of fused-ring (bicyclic) bond motifs is 1. The van der Waals surface area contributed by atoms with E-state index in [-0.39, 0.29) is 6.23 Å². The molecule has 0 spiro atoms. The van der Waals surface area contributed by atoms with Gasteiger partial charge in [0.05, 0.1) is 5.52 Å². The van der Waals surface area contributed by atoms with Gasteiger partial charge in [-0.25, -0.2) is 9.97 Å². The minimum absolute atomic E-state index is 0.327. The smallest absolute Gasteiger partial charge is 0.128 e. The van der Waals surface area contributed by atoms with Crippen LogP contribution in [0.4, 0.5) is 5.69 Å². The second-order valence-electron chi connectivity index (χ2n) is 3.73. The Kier molecular flexibility index (Phi) is 1.82. The third kappa shape index (κ3) is 1.34. The number of benzene rings is 1. The molecule has 0 bridgehead atoms. The Morgan fingerprint density at radius 2 is 2.33 bits per heavy atom. The highest BCUT2D eigenvalue weighted by atomic mass is 16.3. The normalized spacial score (nSPS) is 20.3. The SMILES string of the molecule is OC1CCN1c1ccc2ncncc2c1. The zero-order valence-electron chi connectivity index (χ0n) is 8.17. The quantitative estimate of drug-likeness (QED) is 0.752. The van der Waals surface area contributed by atoms with Crippen LogP contribution in [-0.4, -0.2) is 27.8 Å². The monoisotopic (exact) mass is 201 g/mol. The van der Waals surface area contributed by atoms with Crippen molar-refractivity contribution in [3.63, 3.8) is 0 Å². The van der Waals surface area contributed by atoms with Gasteiger partial charge in [0, 0.05) is 30.2 Å². The number of rotatable bonds is 1. The lowest BCUT2D eigenvalue weighted by atomic mass is 10.1. The number of aliphatic hydroxyl groups excluding tert-OH is 1. The lowest BCUT2D eigenvalue weighted by molar-refractivity contribution is 0.113. The van der Waals surface area contributed by atoms with Gasteiger partial charge in [0.2, 0.25) is 0 Å². The fourth-order valence-electron chi connectivity index (χ4n) is 1.83. The minimum atomic E-state index is -0.327. The molecule has 1 unspecified atom stereocenters. The maximum absolute atomic E-state index is 9.53. The number of nitrogens with zero attached hydrogens (tertiary/aromatic N) is 3. The lowest BCUT2D eigenvalue weighted by Gasteiger charge is -2.39. The van der Waals surface area contributed by atoms with Crippen LogP contribution in [0.3, 0.4) is 0 Å². The predicted octanol–water partition coefficient (Wildman–Crippen LogP) is 1.16. The van der Waals surface area contributed by atoms with Crippen molar-refractivity contribution in [1.82, 2.24) is 9.97 Å². The van der Waals surface area contributed by atoms with Crippen molar-refractivity contribution in [3.8, 4) is 0 Å². The van der Waals surface area contributed by atoms with Gasteiger partial charge in [-0.2, -0.15) is 0 Å². The molecule has 1 aromatic heterocycles. The molecule has 2 heterocycles. The second kappa shape index (κ2) is 3.17. The molecule has 0 aliphatic carbocycles. The average Bonchev–Trinajstić information content (AvgIpc) is 2.27.